The molecule has 1 heteroatoms. The fraction of sp³-hybridized carbons (Fsp3) is 0.600. The van der Waals surface area contributed by atoms with E-state index in [9.17, 15) is 0 Å². The lowest BCUT2D eigenvalue weighted by Gasteiger charge is -2.22. The molecule has 0 spiro atoms. The van der Waals surface area contributed by atoms with E-state index in [0.717, 1.165) is 11.8 Å². The van der Waals surface area contributed by atoms with E-state index >= 15 is 0 Å². The molecular formula is C15H23N. The third-order valence-electron chi connectivity index (χ3n) is 3.80. The molecule has 88 valence electrons. The normalized spacial score (nSPS) is 24.8. The molecule has 2 rings (SSSR count). The molecule has 0 heterocycles. The van der Waals surface area contributed by atoms with Crippen LogP contribution in [0.1, 0.15) is 43.2 Å². The zero-order valence-electron chi connectivity index (χ0n) is 11.0. The van der Waals surface area contributed by atoms with E-state index in [4.69, 9.17) is 0 Å². The van der Waals surface area contributed by atoms with Crippen LogP contribution in [-0.4, -0.2) is 14.1 Å². The maximum atomic E-state index is 2.39. The van der Waals surface area contributed by atoms with Crippen molar-refractivity contribution in [1.29, 1.82) is 0 Å². The molecule has 1 aromatic rings. The molecule has 0 radical (unpaired) electrons. The summed E-state index contributed by atoms with van der Waals surface area (Å²) in [7, 11) is 4.29. The molecule has 1 nitrogen and oxygen atoms in total. The van der Waals surface area contributed by atoms with Gasteiger partial charge in [-0.1, -0.05) is 31.0 Å². The van der Waals surface area contributed by atoms with Crippen LogP contribution in [0, 0.1) is 12.8 Å². The van der Waals surface area contributed by atoms with Crippen molar-refractivity contribution in [3.05, 3.63) is 29.3 Å². The number of aryl methyl sites for hydroxylation is 1. The van der Waals surface area contributed by atoms with Crippen LogP contribution in [0.3, 0.4) is 0 Å². The van der Waals surface area contributed by atoms with E-state index in [-0.39, 0.29) is 0 Å². The predicted octanol–water partition coefficient (Wildman–Crippen LogP) is 3.96. The molecule has 0 saturated heterocycles. The van der Waals surface area contributed by atoms with Crippen LogP contribution in [0.4, 0.5) is 5.69 Å². The molecule has 0 aliphatic heterocycles. The van der Waals surface area contributed by atoms with Crippen molar-refractivity contribution in [3.8, 4) is 0 Å². The summed E-state index contributed by atoms with van der Waals surface area (Å²) < 4.78 is 0. The van der Waals surface area contributed by atoms with Crippen LogP contribution in [0.25, 0.3) is 0 Å². The zero-order chi connectivity index (χ0) is 11.7. The molecule has 1 aromatic carbocycles. The standard InChI is InChI=1S/C15H23N/c1-11-5-7-13(9-11)14-10-12(2)6-8-15(14)16(3)4/h6,8,10-11,13H,5,7,9H2,1-4H3/t11-,13+/m1/s1. The maximum absolute atomic E-state index is 2.39. The van der Waals surface area contributed by atoms with Crippen molar-refractivity contribution in [2.75, 3.05) is 19.0 Å². The van der Waals surface area contributed by atoms with Gasteiger partial charge in [0.1, 0.15) is 0 Å². The first-order valence-corrected chi connectivity index (χ1v) is 6.36. The van der Waals surface area contributed by atoms with Crippen molar-refractivity contribution < 1.29 is 0 Å². The summed E-state index contributed by atoms with van der Waals surface area (Å²) in [6.07, 6.45) is 4.13. The van der Waals surface area contributed by atoms with Crippen LogP contribution in [0.2, 0.25) is 0 Å². The van der Waals surface area contributed by atoms with Crippen LogP contribution >= 0.6 is 0 Å². The van der Waals surface area contributed by atoms with Crippen LogP contribution in [0.15, 0.2) is 18.2 Å². The summed E-state index contributed by atoms with van der Waals surface area (Å²) in [5.41, 5.74) is 4.36. The van der Waals surface area contributed by atoms with E-state index in [2.05, 4.69) is 51.0 Å². The third-order valence-corrected chi connectivity index (χ3v) is 3.80. The van der Waals surface area contributed by atoms with Gasteiger partial charge in [-0.15, -0.1) is 0 Å². The van der Waals surface area contributed by atoms with Crippen molar-refractivity contribution in [1.82, 2.24) is 0 Å². The minimum Gasteiger partial charge on any atom is -0.377 e. The molecular weight excluding hydrogens is 194 g/mol. The summed E-state index contributed by atoms with van der Waals surface area (Å²) in [6.45, 7) is 4.58. The van der Waals surface area contributed by atoms with Crippen LogP contribution in [0.5, 0.6) is 0 Å². The van der Waals surface area contributed by atoms with Gasteiger partial charge in [0.2, 0.25) is 0 Å². The Bertz CT molecular complexity index is 368. The van der Waals surface area contributed by atoms with E-state index in [1.54, 1.807) is 5.56 Å². The molecule has 0 amide bonds. The number of rotatable bonds is 2. The van der Waals surface area contributed by atoms with Crippen molar-refractivity contribution in [2.45, 2.75) is 39.0 Å². The van der Waals surface area contributed by atoms with Gasteiger partial charge in [0.25, 0.3) is 0 Å². The minimum absolute atomic E-state index is 0.785. The van der Waals surface area contributed by atoms with Crippen LogP contribution < -0.4 is 4.90 Å². The Kier molecular flexibility index (Phi) is 3.22. The van der Waals surface area contributed by atoms with Gasteiger partial charge < -0.3 is 4.90 Å². The highest BCUT2D eigenvalue weighted by Gasteiger charge is 2.25. The number of benzene rings is 1. The van der Waals surface area contributed by atoms with Gasteiger partial charge >= 0.3 is 0 Å². The fourth-order valence-electron chi connectivity index (χ4n) is 2.90. The molecule has 1 saturated carbocycles. The quantitative estimate of drug-likeness (QED) is 0.724. The zero-order valence-corrected chi connectivity index (χ0v) is 11.0. The highest BCUT2D eigenvalue weighted by molar-refractivity contribution is 5.55. The van der Waals surface area contributed by atoms with Gasteiger partial charge in [0, 0.05) is 19.8 Å². The topological polar surface area (TPSA) is 3.24 Å². The number of anilines is 1. The third kappa shape index (κ3) is 2.23. The number of hydrogen-bond donors (Lipinski definition) is 0. The molecule has 0 bridgehead atoms. The minimum atomic E-state index is 0.785. The molecule has 0 N–H and O–H groups in total. The second-order valence-corrected chi connectivity index (χ2v) is 5.57. The van der Waals surface area contributed by atoms with Gasteiger partial charge in [-0.05, 0) is 43.2 Å². The SMILES string of the molecule is Cc1ccc(N(C)C)c([C@H]2CC[C@@H](C)C2)c1. The van der Waals surface area contributed by atoms with E-state index in [1.807, 2.05) is 0 Å². The summed E-state index contributed by atoms with van der Waals surface area (Å²) in [5, 5.41) is 0. The lowest BCUT2D eigenvalue weighted by Crippen LogP contribution is -2.12. The van der Waals surface area contributed by atoms with E-state index in [1.165, 1.54) is 30.5 Å². The largest absolute Gasteiger partial charge is 0.377 e. The lowest BCUT2D eigenvalue weighted by molar-refractivity contribution is 0.596. The maximum Gasteiger partial charge on any atom is 0.0396 e. The second-order valence-electron chi connectivity index (χ2n) is 5.57. The molecule has 1 fully saturated rings. The molecule has 0 aromatic heterocycles. The Balaban J connectivity index is 2.34. The molecule has 16 heavy (non-hydrogen) atoms. The number of hydrogen-bond acceptors (Lipinski definition) is 1. The Morgan fingerprint density at radius 1 is 1.19 bits per heavy atom. The summed E-state index contributed by atoms with van der Waals surface area (Å²) >= 11 is 0. The van der Waals surface area contributed by atoms with Gasteiger partial charge in [0.05, 0.1) is 0 Å². The first kappa shape index (κ1) is 11.5. The van der Waals surface area contributed by atoms with Gasteiger partial charge in [0.15, 0.2) is 0 Å². The van der Waals surface area contributed by atoms with Gasteiger partial charge in [-0.2, -0.15) is 0 Å². The average Bonchev–Trinajstić information content (AvgIpc) is 2.64. The summed E-state index contributed by atoms with van der Waals surface area (Å²) in [6, 6.07) is 6.88. The first-order chi connectivity index (χ1) is 7.58. The van der Waals surface area contributed by atoms with Gasteiger partial charge in [-0.3, -0.25) is 0 Å². The smallest absolute Gasteiger partial charge is 0.0396 e. The molecule has 2 atom stereocenters. The fourth-order valence-corrected chi connectivity index (χ4v) is 2.90. The Morgan fingerprint density at radius 3 is 2.50 bits per heavy atom. The van der Waals surface area contributed by atoms with Crippen molar-refractivity contribution in [3.63, 3.8) is 0 Å². The monoisotopic (exact) mass is 217 g/mol. The molecule has 0 unspecified atom stereocenters. The predicted molar refractivity (Wildman–Crippen MR) is 71.3 cm³/mol. The average molecular weight is 217 g/mol. The molecule has 1 aliphatic carbocycles. The van der Waals surface area contributed by atoms with Crippen LogP contribution in [-0.2, 0) is 0 Å². The Labute approximate surface area is 99.5 Å². The summed E-state index contributed by atoms with van der Waals surface area (Å²) in [4.78, 5) is 2.25. The first-order valence-electron chi connectivity index (χ1n) is 6.36. The summed E-state index contributed by atoms with van der Waals surface area (Å²) in [5.74, 6) is 1.69. The number of nitrogens with zero attached hydrogens (tertiary/aromatic N) is 1. The second kappa shape index (κ2) is 4.48. The lowest BCUT2D eigenvalue weighted by atomic mass is 9.93. The van der Waals surface area contributed by atoms with Crippen molar-refractivity contribution >= 4 is 5.69 Å². The van der Waals surface area contributed by atoms with Gasteiger partial charge in [-0.25, -0.2) is 0 Å². The Hall–Kier alpha value is -0.980. The highest BCUT2D eigenvalue weighted by atomic mass is 15.1. The van der Waals surface area contributed by atoms with E-state index < -0.39 is 0 Å². The Morgan fingerprint density at radius 2 is 1.94 bits per heavy atom. The van der Waals surface area contributed by atoms with Crippen molar-refractivity contribution in [2.24, 2.45) is 5.92 Å². The van der Waals surface area contributed by atoms with E-state index in [0.29, 0.717) is 0 Å². The molecule has 1 aliphatic rings. The highest BCUT2D eigenvalue weighted by Crippen LogP contribution is 2.41.